The lowest BCUT2D eigenvalue weighted by atomic mass is 10.2. The Morgan fingerprint density at radius 1 is 1.42 bits per heavy atom. The summed E-state index contributed by atoms with van der Waals surface area (Å²) in [7, 11) is -3.26. The van der Waals surface area contributed by atoms with Crippen LogP contribution in [-0.2, 0) is 15.9 Å². The Bertz CT molecular complexity index is 541. The highest BCUT2D eigenvalue weighted by Crippen LogP contribution is 2.31. The largest absolute Gasteiger partial charge is 0.494 e. The van der Waals surface area contributed by atoms with Crippen molar-refractivity contribution in [2.75, 3.05) is 17.1 Å². The fourth-order valence-corrected chi connectivity index (χ4v) is 3.59. The van der Waals surface area contributed by atoms with E-state index in [1.54, 1.807) is 18.2 Å². The van der Waals surface area contributed by atoms with E-state index in [2.05, 4.69) is 4.72 Å². The molecule has 4 nitrogen and oxygen atoms in total. The van der Waals surface area contributed by atoms with Gasteiger partial charge < -0.3 is 4.74 Å². The molecule has 2 rings (SSSR count). The summed E-state index contributed by atoms with van der Waals surface area (Å²) in [6, 6.07) is 5.17. The van der Waals surface area contributed by atoms with E-state index in [9.17, 15) is 8.42 Å². The highest BCUT2D eigenvalue weighted by molar-refractivity contribution is 7.92. The molecule has 0 radical (unpaired) electrons. The fraction of sp³-hybridized carbons (Fsp3) is 0.538. The summed E-state index contributed by atoms with van der Waals surface area (Å²) < 4.78 is 31.8. The maximum absolute atomic E-state index is 11.9. The van der Waals surface area contributed by atoms with E-state index in [4.69, 9.17) is 16.3 Å². The number of benzene rings is 1. The van der Waals surface area contributed by atoms with Gasteiger partial charge in [0.25, 0.3) is 0 Å². The van der Waals surface area contributed by atoms with Gasteiger partial charge in [0.15, 0.2) is 0 Å². The Hall–Kier alpha value is -0.940. The highest BCUT2D eigenvalue weighted by Gasteiger charge is 2.28. The first kappa shape index (κ1) is 14.5. The monoisotopic (exact) mass is 303 g/mol. The quantitative estimate of drug-likeness (QED) is 0.788. The van der Waals surface area contributed by atoms with Crippen molar-refractivity contribution >= 4 is 27.3 Å². The molecule has 0 bridgehead atoms. The number of rotatable bonds is 7. The van der Waals surface area contributed by atoms with Crippen molar-refractivity contribution in [3.63, 3.8) is 0 Å². The lowest BCUT2D eigenvalue weighted by molar-refractivity contribution is 0.337. The SMILES string of the molecule is CCOc1ccc(NS(=O)(=O)CC2CC2)cc1CCl. The van der Waals surface area contributed by atoms with Gasteiger partial charge in [-0.1, -0.05) is 0 Å². The van der Waals surface area contributed by atoms with Crippen molar-refractivity contribution in [2.24, 2.45) is 5.92 Å². The van der Waals surface area contributed by atoms with Crippen LogP contribution >= 0.6 is 11.6 Å². The lowest BCUT2D eigenvalue weighted by Crippen LogP contribution is -2.18. The van der Waals surface area contributed by atoms with Crippen molar-refractivity contribution in [2.45, 2.75) is 25.6 Å². The van der Waals surface area contributed by atoms with Crippen LogP contribution in [0.25, 0.3) is 0 Å². The van der Waals surface area contributed by atoms with E-state index in [0.717, 1.165) is 18.4 Å². The molecule has 1 fully saturated rings. The van der Waals surface area contributed by atoms with E-state index in [1.807, 2.05) is 6.92 Å². The van der Waals surface area contributed by atoms with Gasteiger partial charge >= 0.3 is 0 Å². The Morgan fingerprint density at radius 2 is 2.16 bits per heavy atom. The maximum atomic E-state index is 11.9. The first-order chi connectivity index (χ1) is 9.04. The second-order valence-corrected chi connectivity index (χ2v) is 6.75. The molecule has 1 aromatic rings. The van der Waals surface area contributed by atoms with Gasteiger partial charge in [-0.3, -0.25) is 4.72 Å². The molecule has 0 heterocycles. The van der Waals surface area contributed by atoms with E-state index >= 15 is 0 Å². The van der Waals surface area contributed by atoms with Gasteiger partial charge in [-0.05, 0) is 43.9 Å². The van der Waals surface area contributed by atoms with E-state index in [0.29, 0.717) is 24.0 Å². The third-order valence-electron chi connectivity index (χ3n) is 2.93. The van der Waals surface area contributed by atoms with Gasteiger partial charge in [0.2, 0.25) is 10.0 Å². The number of hydrogen-bond acceptors (Lipinski definition) is 3. The third kappa shape index (κ3) is 4.28. The molecule has 0 atom stereocenters. The minimum atomic E-state index is -3.26. The second-order valence-electron chi connectivity index (χ2n) is 4.72. The summed E-state index contributed by atoms with van der Waals surface area (Å²) in [5, 5.41) is 0. The average molecular weight is 304 g/mol. The Labute approximate surface area is 119 Å². The molecule has 0 spiro atoms. The molecular formula is C13H18ClNO3S. The predicted octanol–water partition coefficient (Wildman–Crippen LogP) is 2.98. The third-order valence-corrected chi connectivity index (χ3v) is 4.67. The summed E-state index contributed by atoms with van der Waals surface area (Å²) in [4.78, 5) is 0. The minimum absolute atomic E-state index is 0.205. The lowest BCUT2D eigenvalue weighted by Gasteiger charge is -2.12. The van der Waals surface area contributed by atoms with E-state index < -0.39 is 10.0 Å². The number of halogens is 1. The first-order valence-corrected chi connectivity index (χ1v) is 8.55. The topological polar surface area (TPSA) is 55.4 Å². The standard InChI is InChI=1S/C13H18ClNO3S/c1-2-18-13-6-5-12(7-11(13)8-14)15-19(16,17)9-10-3-4-10/h5-7,10,15H,2-4,8-9H2,1H3. The summed E-state index contributed by atoms with van der Waals surface area (Å²) in [5.41, 5.74) is 1.33. The van der Waals surface area contributed by atoms with Crippen molar-refractivity contribution in [3.8, 4) is 5.75 Å². The van der Waals surface area contributed by atoms with Gasteiger partial charge in [-0.25, -0.2) is 8.42 Å². The molecule has 1 N–H and O–H groups in total. The zero-order valence-electron chi connectivity index (χ0n) is 10.9. The van der Waals surface area contributed by atoms with Gasteiger partial charge in [-0.2, -0.15) is 0 Å². The van der Waals surface area contributed by atoms with Crippen LogP contribution in [0, 0.1) is 5.92 Å². The van der Waals surface area contributed by atoms with Crippen LogP contribution in [0.3, 0.4) is 0 Å². The van der Waals surface area contributed by atoms with Crippen molar-refractivity contribution in [3.05, 3.63) is 23.8 Å². The molecule has 0 aromatic heterocycles. The van der Waals surface area contributed by atoms with Crippen LogP contribution in [-0.4, -0.2) is 20.8 Å². The van der Waals surface area contributed by atoms with Gasteiger partial charge in [-0.15, -0.1) is 11.6 Å². The van der Waals surface area contributed by atoms with Gasteiger partial charge in [0.1, 0.15) is 5.75 Å². The zero-order chi connectivity index (χ0) is 13.9. The summed E-state index contributed by atoms with van der Waals surface area (Å²) >= 11 is 5.85. The molecule has 0 aliphatic heterocycles. The second kappa shape index (κ2) is 6.01. The van der Waals surface area contributed by atoms with E-state index in [1.165, 1.54) is 0 Å². The zero-order valence-corrected chi connectivity index (χ0v) is 12.4. The molecule has 1 aliphatic carbocycles. The van der Waals surface area contributed by atoms with Crippen molar-refractivity contribution in [1.29, 1.82) is 0 Å². The van der Waals surface area contributed by atoms with Gasteiger partial charge in [0, 0.05) is 11.3 Å². The van der Waals surface area contributed by atoms with Crippen LogP contribution < -0.4 is 9.46 Å². The number of hydrogen-bond donors (Lipinski definition) is 1. The molecule has 106 valence electrons. The summed E-state index contributed by atoms with van der Waals surface area (Å²) in [5.74, 6) is 1.51. The number of sulfonamides is 1. The molecule has 0 amide bonds. The Kier molecular flexibility index (Phi) is 4.58. The summed E-state index contributed by atoms with van der Waals surface area (Å²) in [6.07, 6.45) is 2.02. The molecular weight excluding hydrogens is 286 g/mol. The number of nitrogens with one attached hydrogen (secondary N) is 1. The molecule has 1 saturated carbocycles. The average Bonchev–Trinajstić information content (AvgIpc) is 3.14. The highest BCUT2D eigenvalue weighted by atomic mass is 35.5. The normalized spacial score (nSPS) is 15.3. The number of ether oxygens (including phenoxy) is 1. The van der Waals surface area contributed by atoms with Gasteiger partial charge in [0.05, 0.1) is 18.2 Å². The molecule has 19 heavy (non-hydrogen) atoms. The number of alkyl halides is 1. The van der Waals surface area contributed by atoms with E-state index in [-0.39, 0.29) is 11.6 Å². The van der Waals surface area contributed by atoms with Crippen LogP contribution in [0.4, 0.5) is 5.69 Å². The molecule has 0 unspecified atom stereocenters. The molecule has 1 aromatic carbocycles. The fourth-order valence-electron chi connectivity index (χ4n) is 1.86. The first-order valence-electron chi connectivity index (χ1n) is 6.36. The van der Waals surface area contributed by atoms with Crippen LogP contribution in [0.5, 0.6) is 5.75 Å². The van der Waals surface area contributed by atoms with Crippen LogP contribution in [0.1, 0.15) is 25.3 Å². The molecule has 0 saturated heterocycles. The molecule has 6 heteroatoms. The molecule has 1 aliphatic rings. The van der Waals surface area contributed by atoms with Crippen LogP contribution in [0.2, 0.25) is 0 Å². The summed E-state index contributed by atoms with van der Waals surface area (Å²) in [6.45, 7) is 2.45. The van der Waals surface area contributed by atoms with Crippen molar-refractivity contribution < 1.29 is 13.2 Å². The maximum Gasteiger partial charge on any atom is 0.232 e. The van der Waals surface area contributed by atoms with Crippen molar-refractivity contribution in [1.82, 2.24) is 0 Å². The Morgan fingerprint density at radius 3 is 2.74 bits per heavy atom. The minimum Gasteiger partial charge on any atom is -0.494 e. The number of anilines is 1. The van der Waals surface area contributed by atoms with Crippen LogP contribution in [0.15, 0.2) is 18.2 Å². The predicted molar refractivity (Wildman–Crippen MR) is 77.3 cm³/mol. The Balaban J connectivity index is 2.11. The smallest absolute Gasteiger partial charge is 0.232 e.